The van der Waals surface area contributed by atoms with Gasteiger partial charge in [-0.3, -0.25) is 5.43 Å². The first kappa shape index (κ1) is 16.5. The highest BCUT2D eigenvalue weighted by Crippen LogP contribution is 2.22. The van der Waals surface area contributed by atoms with E-state index < -0.39 is 0 Å². The van der Waals surface area contributed by atoms with Crippen molar-refractivity contribution in [3.63, 3.8) is 0 Å². The molecule has 1 aliphatic rings. The number of nitrogens with one attached hydrogen (secondary N) is 2. The van der Waals surface area contributed by atoms with Gasteiger partial charge in [0.25, 0.3) is 0 Å². The molecule has 1 atom stereocenters. The average Bonchev–Trinajstić information content (AvgIpc) is 3.06. The monoisotopic (exact) mass is 323 g/mol. The van der Waals surface area contributed by atoms with Crippen LogP contribution >= 0.6 is 12.2 Å². The van der Waals surface area contributed by atoms with Crippen LogP contribution in [0.4, 0.5) is 0 Å². The first-order valence-electron chi connectivity index (χ1n) is 7.13. The smallest absolute Gasteiger partial charge is 0.187 e. The number of methoxy groups -OCH3 is 2. The van der Waals surface area contributed by atoms with Crippen LogP contribution in [0.1, 0.15) is 18.4 Å². The van der Waals surface area contributed by atoms with Gasteiger partial charge in [0.1, 0.15) is 11.5 Å². The molecule has 2 N–H and O–H groups in total. The van der Waals surface area contributed by atoms with Gasteiger partial charge in [-0.1, -0.05) is 0 Å². The Balaban J connectivity index is 1.82. The molecule has 1 aromatic rings. The predicted octanol–water partition coefficient (Wildman–Crippen LogP) is 1.68. The molecule has 0 radical (unpaired) electrons. The Labute approximate surface area is 135 Å². The molecule has 0 amide bonds. The van der Waals surface area contributed by atoms with Crippen molar-refractivity contribution in [2.75, 3.05) is 27.4 Å². The number of ether oxygens (including phenoxy) is 3. The quantitative estimate of drug-likeness (QED) is 0.472. The number of hydrazone groups is 1. The van der Waals surface area contributed by atoms with Crippen molar-refractivity contribution in [1.82, 2.24) is 10.7 Å². The Bertz CT molecular complexity index is 531. The van der Waals surface area contributed by atoms with Crippen molar-refractivity contribution in [2.24, 2.45) is 5.10 Å². The fourth-order valence-corrected chi connectivity index (χ4v) is 2.27. The number of benzene rings is 1. The van der Waals surface area contributed by atoms with Gasteiger partial charge in [-0.2, -0.15) is 5.10 Å². The largest absolute Gasteiger partial charge is 0.497 e. The Morgan fingerprint density at radius 2 is 2.32 bits per heavy atom. The van der Waals surface area contributed by atoms with Crippen LogP contribution in [0.5, 0.6) is 11.5 Å². The molecule has 1 heterocycles. The standard InChI is InChI=1S/C15H21N3O3S/c1-19-12-6-5-11(14(8-12)20-2)9-17-18-15(22)16-10-13-4-3-7-21-13/h5-6,8-9,13H,3-4,7,10H2,1-2H3,(H2,16,18,22). The van der Waals surface area contributed by atoms with Gasteiger partial charge in [-0.15, -0.1) is 0 Å². The van der Waals surface area contributed by atoms with Crippen LogP contribution in [0.15, 0.2) is 23.3 Å². The van der Waals surface area contributed by atoms with Crippen LogP contribution in [-0.2, 0) is 4.74 Å². The molecule has 6 nitrogen and oxygen atoms in total. The molecule has 1 saturated heterocycles. The molecule has 7 heteroatoms. The number of hydrogen-bond acceptors (Lipinski definition) is 5. The second-order valence-electron chi connectivity index (χ2n) is 4.82. The van der Waals surface area contributed by atoms with Crippen molar-refractivity contribution in [2.45, 2.75) is 18.9 Å². The molecule has 22 heavy (non-hydrogen) atoms. The topological polar surface area (TPSA) is 64.1 Å². The lowest BCUT2D eigenvalue weighted by Crippen LogP contribution is -2.37. The second kappa shape index (κ2) is 8.55. The molecule has 1 fully saturated rings. The molecule has 1 aliphatic heterocycles. The van der Waals surface area contributed by atoms with Gasteiger partial charge in [0, 0.05) is 24.8 Å². The normalized spacial score (nSPS) is 17.5. The fourth-order valence-electron chi connectivity index (χ4n) is 2.14. The first-order chi connectivity index (χ1) is 10.7. The van der Waals surface area contributed by atoms with Crippen molar-refractivity contribution in [3.8, 4) is 11.5 Å². The Hall–Kier alpha value is -1.86. The first-order valence-corrected chi connectivity index (χ1v) is 7.54. The fraction of sp³-hybridized carbons (Fsp3) is 0.467. The van der Waals surface area contributed by atoms with Gasteiger partial charge in [0.05, 0.1) is 26.5 Å². The predicted molar refractivity (Wildman–Crippen MR) is 89.9 cm³/mol. The van der Waals surface area contributed by atoms with E-state index in [-0.39, 0.29) is 6.10 Å². The third kappa shape index (κ3) is 4.85. The summed E-state index contributed by atoms with van der Waals surface area (Å²) in [5, 5.41) is 7.67. The second-order valence-corrected chi connectivity index (χ2v) is 5.23. The number of thiocarbonyl (C=S) groups is 1. The maximum Gasteiger partial charge on any atom is 0.187 e. The lowest BCUT2D eigenvalue weighted by Gasteiger charge is -2.12. The minimum Gasteiger partial charge on any atom is -0.497 e. The van der Waals surface area contributed by atoms with Gasteiger partial charge in [0.15, 0.2) is 5.11 Å². The summed E-state index contributed by atoms with van der Waals surface area (Å²) in [4.78, 5) is 0. The third-order valence-corrected chi connectivity index (χ3v) is 3.56. The molecule has 2 rings (SSSR count). The summed E-state index contributed by atoms with van der Waals surface area (Å²) in [5.74, 6) is 1.42. The lowest BCUT2D eigenvalue weighted by atomic mass is 10.2. The highest BCUT2D eigenvalue weighted by atomic mass is 32.1. The van der Waals surface area contributed by atoms with Crippen molar-refractivity contribution >= 4 is 23.5 Å². The number of nitrogens with zero attached hydrogens (tertiary/aromatic N) is 1. The number of hydrogen-bond donors (Lipinski definition) is 2. The summed E-state index contributed by atoms with van der Waals surface area (Å²) in [6, 6.07) is 5.51. The minimum atomic E-state index is 0.241. The number of rotatable bonds is 6. The van der Waals surface area contributed by atoms with E-state index >= 15 is 0 Å². The molecule has 120 valence electrons. The SMILES string of the molecule is COc1ccc(C=NNC(=S)NCC2CCCO2)c(OC)c1. The lowest BCUT2D eigenvalue weighted by molar-refractivity contribution is 0.114. The van der Waals surface area contributed by atoms with Gasteiger partial charge >= 0.3 is 0 Å². The maximum atomic E-state index is 5.51. The van der Waals surface area contributed by atoms with Crippen LogP contribution in [0.2, 0.25) is 0 Å². The molecule has 0 aliphatic carbocycles. The van der Waals surface area contributed by atoms with E-state index in [1.165, 1.54) is 0 Å². The molecule has 0 aromatic heterocycles. The highest BCUT2D eigenvalue weighted by molar-refractivity contribution is 7.80. The third-order valence-electron chi connectivity index (χ3n) is 3.32. The van der Waals surface area contributed by atoms with Crippen LogP contribution in [0.25, 0.3) is 0 Å². The van der Waals surface area contributed by atoms with Gasteiger partial charge in [-0.25, -0.2) is 0 Å². The summed E-state index contributed by atoms with van der Waals surface area (Å²) in [7, 11) is 3.22. The van der Waals surface area contributed by atoms with Crippen LogP contribution < -0.4 is 20.2 Å². The van der Waals surface area contributed by atoms with Gasteiger partial charge in [0.2, 0.25) is 0 Å². The van der Waals surface area contributed by atoms with E-state index in [4.69, 9.17) is 26.4 Å². The molecule has 1 unspecified atom stereocenters. The van der Waals surface area contributed by atoms with Crippen molar-refractivity contribution < 1.29 is 14.2 Å². The zero-order valence-corrected chi connectivity index (χ0v) is 13.6. The molecule has 0 bridgehead atoms. The van der Waals surface area contributed by atoms with Gasteiger partial charge < -0.3 is 19.5 Å². The summed E-state index contributed by atoms with van der Waals surface area (Å²) < 4.78 is 16.0. The van der Waals surface area contributed by atoms with E-state index in [2.05, 4.69) is 15.8 Å². The van der Waals surface area contributed by atoms with E-state index in [1.54, 1.807) is 26.5 Å². The van der Waals surface area contributed by atoms with Crippen molar-refractivity contribution in [1.29, 1.82) is 0 Å². The molecule has 1 aromatic carbocycles. The van der Waals surface area contributed by atoms with E-state index in [9.17, 15) is 0 Å². The Morgan fingerprint density at radius 3 is 3.00 bits per heavy atom. The molecule has 0 spiro atoms. The Kier molecular flexibility index (Phi) is 6.42. The zero-order chi connectivity index (χ0) is 15.8. The highest BCUT2D eigenvalue weighted by Gasteiger charge is 2.14. The molecular formula is C15H21N3O3S. The summed E-state index contributed by atoms with van der Waals surface area (Å²) in [6.45, 7) is 1.54. The maximum absolute atomic E-state index is 5.51. The van der Waals surface area contributed by atoms with Crippen LogP contribution in [0.3, 0.4) is 0 Å². The van der Waals surface area contributed by atoms with E-state index in [0.717, 1.165) is 30.8 Å². The van der Waals surface area contributed by atoms with E-state index in [0.29, 0.717) is 17.4 Å². The summed E-state index contributed by atoms with van der Waals surface area (Å²) in [6.07, 6.45) is 4.08. The average molecular weight is 323 g/mol. The van der Waals surface area contributed by atoms with E-state index in [1.807, 2.05) is 12.1 Å². The summed E-state index contributed by atoms with van der Waals surface area (Å²) in [5.41, 5.74) is 3.61. The minimum absolute atomic E-state index is 0.241. The zero-order valence-electron chi connectivity index (χ0n) is 12.8. The summed E-state index contributed by atoms with van der Waals surface area (Å²) >= 11 is 5.16. The molecule has 0 saturated carbocycles. The van der Waals surface area contributed by atoms with Crippen LogP contribution in [0, 0.1) is 0 Å². The van der Waals surface area contributed by atoms with Crippen molar-refractivity contribution in [3.05, 3.63) is 23.8 Å². The van der Waals surface area contributed by atoms with Crippen LogP contribution in [-0.4, -0.2) is 44.8 Å². The Morgan fingerprint density at radius 1 is 1.45 bits per heavy atom. The molecular weight excluding hydrogens is 302 g/mol. The van der Waals surface area contributed by atoms with Gasteiger partial charge in [-0.05, 0) is 37.2 Å².